The maximum absolute atomic E-state index is 9.47. The van der Waals surface area contributed by atoms with Crippen molar-refractivity contribution in [3.05, 3.63) is 0 Å². The molecule has 0 bridgehead atoms. The molecule has 0 spiro atoms. The Kier molecular flexibility index (Phi) is 1.99. The van der Waals surface area contributed by atoms with E-state index in [0.717, 1.165) is 6.54 Å². The van der Waals surface area contributed by atoms with E-state index in [9.17, 15) is 10.2 Å². The maximum Gasteiger partial charge on any atom is 0.102 e. The van der Waals surface area contributed by atoms with Gasteiger partial charge in [-0.3, -0.25) is 4.90 Å². The molecule has 2 N–H and O–H groups in total. The molecule has 0 aromatic carbocycles. The number of likely N-dealkylation sites (tertiary alicyclic amines) is 1. The molecule has 0 aromatic heterocycles. The minimum Gasteiger partial charge on any atom is -0.389 e. The fourth-order valence-electron chi connectivity index (χ4n) is 1.30. The zero-order chi connectivity index (χ0) is 7.78. The van der Waals surface area contributed by atoms with Gasteiger partial charge in [0, 0.05) is 13.1 Å². The number of hydrogen-bond donors (Lipinski definition) is 2. The number of nitrogens with zero attached hydrogens (tertiary/aromatic N) is 1. The van der Waals surface area contributed by atoms with Gasteiger partial charge in [-0.25, -0.2) is 0 Å². The molecule has 1 aliphatic rings. The third-order valence-electron chi connectivity index (χ3n) is 2.14. The van der Waals surface area contributed by atoms with Crippen LogP contribution in [-0.2, 0) is 0 Å². The van der Waals surface area contributed by atoms with Crippen LogP contribution in [0.25, 0.3) is 0 Å². The second-order valence-corrected chi connectivity index (χ2v) is 3.20. The summed E-state index contributed by atoms with van der Waals surface area (Å²) in [5.74, 6) is 0. The van der Waals surface area contributed by atoms with Gasteiger partial charge in [0.2, 0.25) is 0 Å². The Morgan fingerprint density at radius 3 is 2.50 bits per heavy atom. The highest BCUT2D eigenvalue weighted by Crippen LogP contribution is 2.20. The molecule has 0 amide bonds. The van der Waals surface area contributed by atoms with E-state index in [1.165, 1.54) is 0 Å². The van der Waals surface area contributed by atoms with Gasteiger partial charge in [0.25, 0.3) is 0 Å². The number of likely N-dealkylation sites (N-methyl/N-ethyl adjacent to an activating group) is 1. The second-order valence-electron chi connectivity index (χ2n) is 3.20. The minimum absolute atomic E-state index is 0.576. The summed E-state index contributed by atoms with van der Waals surface area (Å²) in [6.07, 6.45) is -0.576. The first kappa shape index (κ1) is 7.98. The lowest BCUT2D eigenvalue weighted by molar-refractivity contribution is -0.0255. The molecular formula is C7H15NO2. The van der Waals surface area contributed by atoms with E-state index in [4.69, 9.17) is 0 Å². The largest absolute Gasteiger partial charge is 0.389 e. The fraction of sp³-hybridized carbons (Fsp3) is 1.00. The summed E-state index contributed by atoms with van der Waals surface area (Å²) < 4.78 is 0. The lowest BCUT2D eigenvalue weighted by atomic mass is 10.0. The van der Waals surface area contributed by atoms with Crippen LogP contribution < -0.4 is 0 Å². The van der Waals surface area contributed by atoms with Gasteiger partial charge in [0.05, 0.1) is 6.10 Å². The van der Waals surface area contributed by atoms with Crippen LogP contribution in [0.3, 0.4) is 0 Å². The average molecular weight is 145 g/mol. The summed E-state index contributed by atoms with van der Waals surface area (Å²) >= 11 is 0. The molecule has 0 radical (unpaired) electrons. The molecule has 0 saturated carbocycles. The summed E-state index contributed by atoms with van der Waals surface area (Å²) in [4.78, 5) is 2.03. The monoisotopic (exact) mass is 145 g/mol. The molecule has 0 aliphatic carbocycles. The normalized spacial score (nSPS) is 42.6. The third-order valence-corrected chi connectivity index (χ3v) is 2.14. The molecular weight excluding hydrogens is 130 g/mol. The highest BCUT2D eigenvalue weighted by Gasteiger charge is 2.39. The number of hydrogen-bond acceptors (Lipinski definition) is 3. The molecule has 0 aromatic rings. The fourth-order valence-corrected chi connectivity index (χ4v) is 1.30. The first-order chi connectivity index (χ1) is 4.56. The predicted octanol–water partition coefficient (Wildman–Crippen LogP) is -0.566. The van der Waals surface area contributed by atoms with Crippen molar-refractivity contribution in [3.8, 4) is 0 Å². The summed E-state index contributed by atoms with van der Waals surface area (Å²) in [5.41, 5.74) is -0.893. The van der Waals surface area contributed by atoms with E-state index < -0.39 is 11.7 Å². The van der Waals surface area contributed by atoms with Gasteiger partial charge in [0.1, 0.15) is 5.60 Å². The van der Waals surface area contributed by atoms with Crippen LogP contribution in [0.5, 0.6) is 0 Å². The van der Waals surface area contributed by atoms with Crippen LogP contribution in [0.2, 0.25) is 0 Å². The zero-order valence-electron chi connectivity index (χ0n) is 6.54. The van der Waals surface area contributed by atoms with E-state index in [0.29, 0.717) is 13.1 Å². The Morgan fingerprint density at radius 2 is 2.30 bits per heavy atom. The smallest absolute Gasteiger partial charge is 0.102 e. The van der Waals surface area contributed by atoms with E-state index in [1.54, 1.807) is 6.92 Å². The molecule has 1 saturated heterocycles. The molecule has 1 heterocycles. The SMILES string of the molecule is CCN1C[C@@H](O)[C@@](C)(O)C1. The summed E-state index contributed by atoms with van der Waals surface area (Å²) in [6, 6.07) is 0. The van der Waals surface area contributed by atoms with Crippen LogP contribution in [0.1, 0.15) is 13.8 Å². The van der Waals surface area contributed by atoms with E-state index in [1.807, 2.05) is 11.8 Å². The van der Waals surface area contributed by atoms with Gasteiger partial charge in [0.15, 0.2) is 0 Å². The van der Waals surface area contributed by atoms with E-state index in [2.05, 4.69) is 0 Å². The van der Waals surface area contributed by atoms with Gasteiger partial charge < -0.3 is 10.2 Å². The molecule has 0 unspecified atom stereocenters. The quantitative estimate of drug-likeness (QED) is 0.519. The van der Waals surface area contributed by atoms with Crippen LogP contribution in [0.4, 0.5) is 0 Å². The summed E-state index contributed by atoms with van der Waals surface area (Å²) in [5, 5.41) is 18.7. The molecule has 1 fully saturated rings. The standard InChI is InChI=1S/C7H15NO2/c1-3-8-4-6(9)7(2,10)5-8/h6,9-10H,3-5H2,1-2H3/t6-,7+/m1/s1. The van der Waals surface area contributed by atoms with Crippen molar-refractivity contribution < 1.29 is 10.2 Å². The van der Waals surface area contributed by atoms with Gasteiger partial charge in [-0.2, -0.15) is 0 Å². The zero-order valence-corrected chi connectivity index (χ0v) is 6.54. The average Bonchev–Trinajstić information content (AvgIpc) is 2.08. The Labute approximate surface area is 61.3 Å². The number of rotatable bonds is 1. The van der Waals surface area contributed by atoms with Gasteiger partial charge in [-0.1, -0.05) is 6.92 Å². The first-order valence-electron chi connectivity index (χ1n) is 3.69. The third kappa shape index (κ3) is 1.31. The summed E-state index contributed by atoms with van der Waals surface area (Å²) in [6.45, 7) is 5.78. The topological polar surface area (TPSA) is 43.7 Å². The minimum atomic E-state index is -0.893. The van der Waals surface area contributed by atoms with Gasteiger partial charge in [-0.15, -0.1) is 0 Å². The van der Waals surface area contributed by atoms with Crippen LogP contribution in [-0.4, -0.2) is 46.5 Å². The molecule has 10 heavy (non-hydrogen) atoms. The Bertz CT molecular complexity index is 125. The highest BCUT2D eigenvalue weighted by atomic mass is 16.3. The Balaban J connectivity index is 2.53. The van der Waals surface area contributed by atoms with Crippen molar-refractivity contribution in [1.82, 2.24) is 4.90 Å². The molecule has 60 valence electrons. The maximum atomic E-state index is 9.47. The number of β-amino-alcohol motifs (C(OH)–C–C–N with tert-alkyl or cyclic N) is 2. The predicted molar refractivity (Wildman–Crippen MR) is 38.7 cm³/mol. The van der Waals surface area contributed by atoms with E-state index >= 15 is 0 Å². The molecule has 2 atom stereocenters. The van der Waals surface area contributed by atoms with Crippen LogP contribution >= 0.6 is 0 Å². The van der Waals surface area contributed by atoms with Crippen molar-refractivity contribution in [1.29, 1.82) is 0 Å². The lowest BCUT2D eigenvalue weighted by Crippen LogP contribution is -2.37. The Hall–Kier alpha value is -0.120. The van der Waals surface area contributed by atoms with E-state index in [-0.39, 0.29) is 0 Å². The van der Waals surface area contributed by atoms with Crippen LogP contribution in [0, 0.1) is 0 Å². The second kappa shape index (κ2) is 2.49. The van der Waals surface area contributed by atoms with Crippen molar-refractivity contribution in [2.75, 3.05) is 19.6 Å². The molecule has 1 rings (SSSR count). The molecule has 1 aliphatic heterocycles. The van der Waals surface area contributed by atoms with Crippen molar-refractivity contribution in [3.63, 3.8) is 0 Å². The lowest BCUT2D eigenvalue weighted by Gasteiger charge is -2.19. The van der Waals surface area contributed by atoms with Crippen molar-refractivity contribution >= 4 is 0 Å². The molecule has 3 nitrogen and oxygen atoms in total. The van der Waals surface area contributed by atoms with Crippen molar-refractivity contribution in [2.45, 2.75) is 25.6 Å². The number of aliphatic hydroxyl groups excluding tert-OH is 1. The highest BCUT2D eigenvalue weighted by molar-refractivity contribution is 4.93. The Morgan fingerprint density at radius 1 is 1.70 bits per heavy atom. The van der Waals surface area contributed by atoms with Crippen molar-refractivity contribution in [2.24, 2.45) is 0 Å². The first-order valence-corrected chi connectivity index (χ1v) is 3.69. The van der Waals surface area contributed by atoms with Gasteiger partial charge in [-0.05, 0) is 13.5 Å². The van der Waals surface area contributed by atoms with Crippen LogP contribution in [0.15, 0.2) is 0 Å². The number of aliphatic hydroxyl groups is 2. The molecule has 3 heteroatoms. The summed E-state index contributed by atoms with van der Waals surface area (Å²) in [7, 11) is 0. The van der Waals surface area contributed by atoms with Gasteiger partial charge >= 0.3 is 0 Å².